The molecule has 0 atom stereocenters. The second-order valence-corrected chi connectivity index (χ2v) is 15.4. The maximum atomic E-state index is 5.88. The first-order chi connectivity index (χ1) is 33.7. The minimum Gasteiger partial charge on any atom is -0.364 e. The topological polar surface area (TPSA) is 61.9 Å². The quantitative estimate of drug-likeness (QED) is 0.140. The van der Waals surface area contributed by atoms with Crippen molar-refractivity contribution >= 4 is 34.1 Å². The average molecular weight is 893 g/mol. The normalized spacial score (nSPS) is 14.8. The van der Waals surface area contributed by atoms with E-state index in [2.05, 4.69) is 226 Å². The molecular weight excluding hydrogens is 845 g/mol. The number of anilines is 6. The number of hydrogen-bond acceptors (Lipinski definition) is 8. The van der Waals surface area contributed by atoms with E-state index in [0.717, 1.165) is 67.5 Å². The molecule has 6 aromatic carbocycles. The van der Waals surface area contributed by atoms with Crippen LogP contribution < -0.4 is 9.80 Å². The summed E-state index contributed by atoms with van der Waals surface area (Å²) in [6.45, 7) is 4.07. The molecule has 0 aromatic heterocycles. The van der Waals surface area contributed by atoms with Gasteiger partial charge in [0.2, 0.25) is 0 Å². The number of benzene rings is 6. The van der Waals surface area contributed by atoms with Crippen LogP contribution in [0.15, 0.2) is 146 Å². The second kappa shape index (κ2) is 25.7. The number of rotatable bonds is 0. The van der Waals surface area contributed by atoms with Crippen LogP contribution in [0.2, 0.25) is 0 Å². The van der Waals surface area contributed by atoms with Crippen molar-refractivity contribution in [3.8, 4) is 71.0 Å². The maximum Gasteiger partial charge on any atom is 0.109 e. The van der Waals surface area contributed by atoms with E-state index >= 15 is 0 Å². The van der Waals surface area contributed by atoms with Gasteiger partial charge >= 0.3 is 0 Å². The Labute approximate surface area is 400 Å². The zero-order chi connectivity index (χ0) is 46.3. The smallest absolute Gasteiger partial charge is 0.109 e. The van der Waals surface area contributed by atoms with E-state index in [1.54, 1.807) is 0 Å². The third-order valence-electron chi connectivity index (χ3n) is 10.5. The molecular formula is C60H48N2O6. The van der Waals surface area contributed by atoms with E-state index in [0.29, 0.717) is 39.6 Å². The molecule has 0 aliphatic carbocycles. The molecule has 8 nitrogen and oxygen atoms in total. The molecule has 14 bridgehead atoms. The lowest BCUT2D eigenvalue weighted by molar-refractivity contribution is 0.153. The molecule has 0 unspecified atom stereocenters. The van der Waals surface area contributed by atoms with Crippen molar-refractivity contribution in [2.24, 2.45) is 0 Å². The van der Waals surface area contributed by atoms with E-state index in [-0.39, 0.29) is 39.6 Å². The zero-order valence-electron chi connectivity index (χ0n) is 37.7. The van der Waals surface area contributed by atoms with Crippen molar-refractivity contribution < 1.29 is 28.4 Å². The summed E-state index contributed by atoms with van der Waals surface area (Å²) < 4.78 is 35.3. The van der Waals surface area contributed by atoms with Gasteiger partial charge in [-0.1, -0.05) is 108 Å². The summed E-state index contributed by atoms with van der Waals surface area (Å²) in [5, 5.41) is 0. The van der Waals surface area contributed by atoms with Gasteiger partial charge < -0.3 is 38.2 Å². The molecule has 21 aliphatic heterocycles. The highest BCUT2D eigenvalue weighted by molar-refractivity contribution is 5.78. The summed E-state index contributed by atoms with van der Waals surface area (Å²) in [5.41, 5.74) is 12.1. The third-order valence-corrected chi connectivity index (χ3v) is 10.5. The minimum absolute atomic E-state index is 0.261. The first-order valence-electron chi connectivity index (χ1n) is 22.2. The van der Waals surface area contributed by atoms with E-state index in [9.17, 15) is 0 Å². The fourth-order valence-electron chi connectivity index (χ4n) is 7.14. The van der Waals surface area contributed by atoms with Crippen LogP contribution in [0.5, 0.6) is 0 Å². The van der Waals surface area contributed by atoms with Gasteiger partial charge in [-0.3, -0.25) is 0 Å². The Morgan fingerprint density at radius 3 is 0.515 bits per heavy atom. The fraction of sp³-hybridized carbons (Fsp3) is 0.200. The lowest BCUT2D eigenvalue weighted by atomic mass is 10.1. The molecule has 8 heteroatoms. The van der Waals surface area contributed by atoms with E-state index in [1.165, 1.54) is 0 Å². The Balaban J connectivity index is 1.07. The standard InChI is InChI=1S/C60H48N2O6/c1-2-8-38-64-44-50-15-27-56(28-16-50)62-59-33-21-53(22-34-59)47-67-41-11-5-3-9-39-65-45-51-17-29-57(30-18-51)61(55-25-13-49(14-26-55)43-63-37-7-1)58-31-19-52(20-32-58)46-66-40-10-4-6-12-42-68-48-54-23-35-60(62)36-24-54/h13-36H,37-48H2. The van der Waals surface area contributed by atoms with Crippen LogP contribution in [0.3, 0.4) is 0 Å². The van der Waals surface area contributed by atoms with Gasteiger partial charge in [0.15, 0.2) is 0 Å². The molecule has 0 amide bonds. The van der Waals surface area contributed by atoms with Crippen molar-refractivity contribution in [3.63, 3.8) is 0 Å². The Hall–Kier alpha value is -7.96. The number of nitrogens with zero attached hydrogens (tertiary/aromatic N) is 2. The number of hydrogen-bond donors (Lipinski definition) is 0. The summed E-state index contributed by atoms with van der Waals surface area (Å²) in [7, 11) is 0. The third kappa shape index (κ3) is 14.3. The summed E-state index contributed by atoms with van der Waals surface area (Å²) in [4.78, 5) is 4.41. The highest BCUT2D eigenvalue weighted by Gasteiger charge is 2.15. The molecule has 0 spiro atoms. The highest BCUT2D eigenvalue weighted by atomic mass is 16.5. The Morgan fingerprint density at radius 2 is 0.368 bits per heavy atom. The van der Waals surface area contributed by atoms with Crippen LogP contribution in [0.4, 0.5) is 34.1 Å². The molecule has 21 aliphatic rings. The van der Waals surface area contributed by atoms with Gasteiger partial charge in [-0.2, -0.15) is 0 Å². The summed E-state index contributed by atoms with van der Waals surface area (Å²) >= 11 is 0. The van der Waals surface area contributed by atoms with Gasteiger partial charge in [-0.25, -0.2) is 0 Å². The maximum absolute atomic E-state index is 5.88. The number of ether oxygens (including phenoxy) is 6. The first-order valence-corrected chi connectivity index (χ1v) is 22.2. The Bertz CT molecular complexity index is 2430. The molecule has 0 radical (unpaired) electrons. The van der Waals surface area contributed by atoms with Crippen LogP contribution in [-0.2, 0) is 68.1 Å². The fourth-order valence-corrected chi connectivity index (χ4v) is 7.14. The zero-order valence-corrected chi connectivity index (χ0v) is 37.7. The predicted octanol–water partition coefficient (Wildman–Crippen LogP) is 10.5. The van der Waals surface area contributed by atoms with Crippen molar-refractivity contribution in [1.82, 2.24) is 0 Å². The van der Waals surface area contributed by atoms with E-state index in [4.69, 9.17) is 28.4 Å². The van der Waals surface area contributed by atoms with Gasteiger partial charge in [0.25, 0.3) is 0 Å². The van der Waals surface area contributed by atoms with Crippen LogP contribution >= 0.6 is 0 Å². The van der Waals surface area contributed by atoms with Gasteiger partial charge in [-0.15, -0.1) is 0 Å². The highest BCUT2D eigenvalue weighted by Crippen LogP contribution is 2.36. The molecule has 0 fully saturated rings. The van der Waals surface area contributed by atoms with Gasteiger partial charge in [-0.05, 0) is 142 Å². The molecule has 0 saturated heterocycles. The molecule has 0 N–H and O–H groups in total. The van der Waals surface area contributed by atoms with E-state index < -0.39 is 0 Å². The monoisotopic (exact) mass is 892 g/mol. The molecule has 6 aromatic rings. The van der Waals surface area contributed by atoms with Crippen molar-refractivity contribution in [2.45, 2.75) is 39.6 Å². The SMILES string of the molecule is C1#CCOCc2ccc(cc2)N2c3ccc(cc3)COCC#CC#CCOCc3ccc(cc3)N(c3ccc(cc3)COCC#C1)c1ccc(cc1)COCC#CC#CCOCc1ccc2cc1. The predicted molar refractivity (Wildman–Crippen MR) is 267 cm³/mol. The molecule has 27 rings (SSSR count). The van der Waals surface area contributed by atoms with Gasteiger partial charge in [0.05, 0.1) is 39.6 Å². The summed E-state index contributed by atoms with van der Waals surface area (Å²) in [6, 6.07) is 50.0. The first kappa shape index (κ1) is 46.6. The molecule has 0 saturated carbocycles. The van der Waals surface area contributed by atoms with Crippen LogP contribution in [0.25, 0.3) is 0 Å². The van der Waals surface area contributed by atoms with E-state index in [1.807, 2.05) is 0 Å². The molecule has 68 heavy (non-hydrogen) atoms. The Morgan fingerprint density at radius 1 is 0.221 bits per heavy atom. The van der Waals surface area contributed by atoms with Crippen LogP contribution in [-0.4, -0.2) is 39.6 Å². The molecule has 21 heterocycles. The van der Waals surface area contributed by atoms with Crippen LogP contribution in [0.1, 0.15) is 33.4 Å². The minimum atomic E-state index is 0.261. The largest absolute Gasteiger partial charge is 0.364 e. The second-order valence-electron chi connectivity index (χ2n) is 15.4. The summed E-state index contributed by atoms with van der Waals surface area (Å²) in [6.07, 6.45) is 0. The van der Waals surface area contributed by atoms with Crippen molar-refractivity contribution in [2.75, 3.05) is 49.4 Å². The lowest BCUT2D eigenvalue weighted by Gasteiger charge is -2.26. The molecule has 334 valence electrons. The Kier molecular flexibility index (Phi) is 17.6. The van der Waals surface area contributed by atoms with Crippen LogP contribution in [0, 0.1) is 71.0 Å². The van der Waals surface area contributed by atoms with Gasteiger partial charge in [0, 0.05) is 34.1 Å². The summed E-state index contributed by atoms with van der Waals surface area (Å²) in [5.74, 6) is 35.2. The van der Waals surface area contributed by atoms with Crippen molar-refractivity contribution in [3.05, 3.63) is 179 Å². The van der Waals surface area contributed by atoms with Gasteiger partial charge in [0.1, 0.15) is 39.6 Å². The average Bonchev–Trinajstić information content (AvgIpc) is 3.38. The van der Waals surface area contributed by atoms with Crippen molar-refractivity contribution in [1.29, 1.82) is 0 Å². The lowest BCUT2D eigenvalue weighted by Crippen LogP contribution is -2.10.